The summed E-state index contributed by atoms with van der Waals surface area (Å²) < 4.78 is 107. The molecule has 14 heteroatoms. The van der Waals surface area contributed by atoms with E-state index < -0.39 is 63.1 Å². The SMILES string of the molecule is C=C(CN(Cc1cc(F)ccc1C#N)S(=O)(=O)c1cc(F)c(F)c(F)c1F)N(Cc1cc(C2CC2)cc(C2CC2)c1)c1ccc(C(=O)O)cc1OCC. The van der Waals surface area contributed by atoms with Gasteiger partial charge in [-0.25, -0.2) is 35.2 Å². The van der Waals surface area contributed by atoms with Crippen LogP contribution in [0.25, 0.3) is 0 Å². The molecule has 0 saturated heterocycles. The Labute approximate surface area is 303 Å². The standard InChI is InChI=1S/C39H34F5N3O5S/c1-3-52-34-16-26(39(48)49)9-11-33(34)47(20-23-12-28(24-4-5-24)14-29(13-23)25-6-7-25)22(2)19-46(21-30-15-31(40)10-8-27(30)18-45)53(50,51)35-17-32(41)36(42)38(44)37(35)43/h8-17,24-25H,2-7,19-21H2,1H3,(H,48,49). The van der Waals surface area contributed by atoms with Crippen molar-refractivity contribution in [3.63, 3.8) is 0 Å². The van der Waals surface area contributed by atoms with Gasteiger partial charge in [-0.1, -0.05) is 24.8 Å². The van der Waals surface area contributed by atoms with Gasteiger partial charge in [-0.15, -0.1) is 0 Å². The monoisotopic (exact) mass is 751 g/mol. The van der Waals surface area contributed by atoms with E-state index in [1.165, 1.54) is 18.2 Å². The van der Waals surface area contributed by atoms with Crippen LogP contribution >= 0.6 is 0 Å². The number of nitrogens with zero attached hydrogens (tertiary/aromatic N) is 3. The van der Waals surface area contributed by atoms with Gasteiger partial charge in [0.1, 0.15) is 16.5 Å². The maximum Gasteiger partial charge on any atom is 0.335 e. The van der Waals surface area contributed by atoms with Crippen LogP contribution in [0, 0.1) is 40.4 Å². The van der Waals surface area contributed by atoms with E-state index in [0.29, 0.717) is 16.1 Å². The zero-order valence-corrected chi connectivity index (χ0v) is 29.3. The van der Waals surface area contributed by atoms with E-state index in [1.807, 2.05) is 18.2 Å². The molecular weight excluding hydrogens is 718 g/mol. The van der Waals surface area contributed by atoms with Crippen LogP contribution in [0.5, 0.6) is 5.75 Å². The van der Waals surface area contributed by atoms with Crippen LogP contribution in [-0.4, -0.2) is 37.0 Å². The van der Waals surface area contributed by atoms with Gasteiger partial charge in [0.05, 0.1) is 36.0 Å². The number of rotatable bonds is 15. The number of ether oxygens (including phenoxy) is 1. The van der Waals surface area contributed by atoms with Gasteiger partial charge in [-0.3, -0.25) is 0 Å². The van der Waals surface area contributed by atoms with Crippen molar-refractivity contribution in [2.75, 3.05) is 18.1 Å². The molecular formula is C39H34F5N3O5S. The minimum Gasteiger partial charge on any atom is -0.492 e. The Morgan fingerprint density at radius 1 is 0.906 bits per heavy atom. The molecule has 276 valence electrons. The first-order valence-corrected chi connectivity index (χ1v) is 18.3. The van der Waals surface area contributed by atoms with E-state index in [1.54, 1.807) is 11.8 Å². The Morgan fingerprint density at radius 3 is 2.15 bits per heavy atom. The summed E-state index contributed by atoms with van der Waals surface area (Å²) in [7, 11) is -5.29. The van der Waals surface area contributed by atoms with E-state index in [2.05, 4.69) is 12.6 Å². The lowest BCUT2D eigenvalue weighted by atomic mass is 9.99. The molecule has 0 atom stereocenters. The van der Waals surface area contributed by atoms with Gasteiger partial charge in [0.25, 0.3) is 0 Å². The number of benzene rings is 4. The van der Waals surface area contributed by atoms with Crippen molar-refractivity contribution in [1.29, 1.82) is 5.26 Å². The summed E-state index contributed by atoms with van der Waals surface area (Å²) in [6.07, 6.45) is 4.14. The van der Waals surface area contributed by atoms with E-state index in [0.717, 1.165) is 60.6 Å². The van der Waals surface area contributed by atoms with Gasteiger partial charge in [0, 0.05) is 24.9 Å². The number of carboxylic acids is 1. The topological polar surface area (TPSA) is 111 Å². The third-order valence-electron chi connectivity index (χ3n) is 9.24. The number of anilines is 1. The molecule has 4 aromatic rings. The number of halogens is 5. The highest BCUT2D eigenvalue weighted by Crippen LogP contribution is 2.46. The van der Waals surface area contributed by atoms with E-state index in [4.69, 9.17) is 4.74 Å². The Bertz CT molecular complexity index is 2240. The summed E-state index contributed by atoms with van der Waals surface area (Å²) in [5.74, 6) is -9.86. The highest BCUT2D eigenvalue weighted by Gasteiger charge is 2.35. The minimum atomic E-state index is -5.29. The lowest BCUT2D eigenvalue weighted by molar-refractivity contribution is 0.0696. The molecule has 2 aliphatic rings. The van der Waals surface area contributed by atoms with Gasteiger partial charge in [0.15, 0.2) is 23.3 Å². The summed E-state index contributed by atoms with van der Waals surface area (Å²) in [4.78, 5) is 11.9. The van der Waals surface area contributed by atoms with Gasteiger partial charge in [0.2, 0.25) is 10.0 Å². The van der Waals surface area contributed by atoms with Gasteiger partial charge in [-0.2, -0.15) is 9.57 Å². The lowest BCUT2D eigenvalue weighted by Gasteiger charge is -2.32. The third-order valence-corrected chi connectivity index (χ3v) is 11.0. The van der Waals surface area contributed by atoms with Crippen molar-refractivity contribution in [3.8, 4) is 11.8 Å². The molecule has 2 saturated carbocycles. The Kier molecular flexibility index (Phi) is 10.6. The molecule has 0 bridgehead atoms. The lowest BCUT2D eigenvalue weighted by Crippen LogP contribution is -2.37. The van der Waals surface area contributed by atoms with Crippen molar-refractivity contribution >= 4 is 21.7 Å². The number of hydrogen-bond acceptors (Lipinski definition) is 6. The average molecular weight is 752 g/mol. The van der Waals surface area contributed by atoms with Gasteiger partial charge < -0.3 is 14.7 Å². The molecule has 6 rings (SSSR count). The van der Waals surface area contributed by atoms with Crippen molar-refractivity contribution in [2.24, 2.45) is 0 Å². The Hall–Kier alpha value is -5.26. The summed E-state index contributed by atoms with van der Waals surface area (Å²) in [5.41, 5.74) is 3.02. The van der Waals surface area contributed by atoms with Crippen LogP contribution in [-0.2, 0) is 23.1 Å². The second-order valence-corrected chi connectivity index (χ2v) is 15.0. The van der Waals surface area contributed by atoms with E-state index in [-0.39, 0.29) is 53.0 Å². The normalized spacial score (nSPS) is 14.2. The Balaban J connectivity index is 1.48. The number of nitriles is 1. The molecule has 0 heterocycles. The molecule has 53 heavy (non-hydrogen) atoms. The molecule has 0 aliphatic heterocycles. The largest absolute Gasteiger partial charge is 0.492 e. The number of carboxylic acid groups (broad SMARTS) is 1. The van der Waals surface area contributed by atoms with Crippen molar-refractivity contribution < 1.29 is 45.0 Å². The molecule has 1 N–H and O–H groups in total. The smallest absolute Gasteiger partial charge is 0.335 e. The molecule has 0 amide bonds. The second kappa shape index (κ2) is 15.0. The third kappa shape index (κ3) is 8.06. The fraction of sp³-hybridized carbons (Fsp3) is 0.282. The van der Waals surface area contributed by atoms with E-state index in [9.17, 15) is 41.1 Å². The minimum absolute atomic E-state index is 0.000717. The predicted octanol–water partition coefficient (Wildman–Crippen LogP) is 8.52. The van der Waals surface area contributed by atoms with Crippen LogP contribution < -0.4 is 9.64 Å². The highest BCUT2D eigenvalue weighted by atomic mass is 32.2. The predicted molar refractivity (Wildman–Crippen MR) is 185 cm³/mol. The molecule has 2 aliphatic carbocycles. The maximum absolute atomic E-state index is 15.2. The molecule has 8 nitrogen and oxygen atoms in total. The van der Waals surface area contributed by atoms with Crippen molar-refractivity contribution in [2.45, 2.75) is 62.4 Å². The second-order valence-electron chi connectivity index (χ2n) is 13.1. The van der Waals surface area contributed by atoms with Crippen LogP contribution in [0.3, 0.4) is 0 Å². The zero-order valence-electron chi connectivity index (χ0n) is 28.5. The fourth-order valence-electron chi connectivity index (χ4n) is 6.22. The molecule has 0 unspecified atom stereocenters. The van der Waals surface area contributed by atoms with Gasteiger partial charge >= 0.3 is 5.97 Å². The van der Waals surface area contributed by atoms with Gasteiger partial charge in [-0.05, 0) is 103 Å². The van der Waals surface area contributed by atoms with Crippen molar-refractivity contribution in [1.82, 2.24) is 4.31 Å². The molecule has 2 fully saturated rings. The maximum atomic E-state index is 15.2. The van der Waals surface area contributed by atoms with Crippen molar-refractivity contribution in [3.05, 3.63) is 135 Å². The average Bonchev–Trinajstić information content (AvgIpc) is 4.05. The fourth-order valence-corrected chi connectivity index (χ4v) is 7.69. The zero-order chi connectivity index (χ0) is 38.2. The summed E-state index contributed by atoms with van der Waals surface area (Å²) in [6.45, 7) is 4.51. The molecule has 0 aromatic heterocycles. The first-order chi connectivity index (χ1) is 25.2. The number of sulfonamides is 1. The Morgan fingerprint density at radius 2 is 1.57 bits per heavy atom. The van der Waals surface area contributed by atoms with Crippen LogP contribution in [0.15, 0.2) is 77.8 Å². The first-order valence-electron chi connectivity index (χ1n) is 16.8. The quantitative estimate of drug-likeness (QED) is 0.0737. The molecule has 0 radical (unpaired) electrons. The molecule has 0 spiro atoms. The van der Waals surface area contributed by atoms with E-state index >= 15 is 4.39 Å². The van der Waals surface area contributed by atoms with Crippen LogP contribution in [0.2, 0.25) is 0 Å². The first kappa shape index (κ1) is 37.5. The van der Waals surface area contributed by atoms with Crippen LogP contribution in [0.1, 0.15) is 82.6 Å². The number of carbonyl (C=O) groups is 1. The summed E-state index contributed by atoms with van der Waals surface area (Å²) >= 11 is 0. The summed E-state index contributed by atoms with van der Waals surface area (Å²) in [6, 6.07) is 15.2. The van der Waals surface area contributed by atoms with Crippen LogP contribution in [0.4, 0.5) is 27.6 Å². The molecule has 4 aromatic carbocycles. The number of aromatic carboxylic acids is 1. The number of hydrogen-bond donors (Lipinski definition) is 1. The summed E-state index contributed by atoms with van der Waals surface area (Å²) in [5, 5.41) is 19.4. The highest BCUT2D eigenvalue weighted by molar-refractivity contribution is 7.89.